The first-order valence-corrected chi connectivity index (χ1v) is 4.90. The monoisotopic (exact) mass is 212 g/mol. The first-order valence-electron chi connectivity index (χ1n) is 4.90. The van der Waals surface area contributed by atoms with Gasteiger partial charge in [-0.05, 0) is 23.3 Å². The second-order valence-corrected chi connectivity index (χ2v) is 3.64. The highest BCUT2D eigenvalue weighted by atomic mass is 16.4. The van der Waals surface area contributed by atoms with Crippen LogP contribution in [0.1, 0.15) is 5.56 Å². The molecule has 0 fully saturated rings. The van der Waals surface area contributed by atoms with E-state index in [0.717, 1.165) is 28.2 Å². The second-order valence-electron chi connectivity index (χ2n) is 3.64. The summed E-state index contributed by atoms with van der Waals surface area (Å²) in [7, 11) is 0. The molecule has 3 rings (SSSR count). The van der Waals surface area contributed by atoms with Crippen LogP contribution < -0.4 is 10.8 Å². The third-order valence-electron chi connectivity index (χ3n) is 2.58. The minimum absolute atomic E-state index is 0.378. The number of benzene rings is 1. The topological polar surface area (TPSA) is 50.4 Å². The van der Waals surface area contributed by atoms with Crippen molar-refractivity contribution in [3.8, 4) is 11.1 Å². The largest absolute Gasteiger partial charge is 0.478 e. The fraction of sp³-hybridized carbons (Fsp3) is 0. The molecule has 0 amide bonds. The molecule has 0 aliphatic heterocycles. The van der Waals surface area contributed by atoms with Crippen LogP contribution in [0.3, 0.4) is 0 Å². The lowest BCUT2D eigenvalue weighted by Crippen LogP contribution is -2.02. The Hall–Kier alpha value is -2.29. The molecule has 0 atom stereocenters. The van der Waals surface area contributed by atoms with E-state index < -0.39 is 5.97 Å². The zero-order valence-electron chi connectivity index (χ0n) is 8.31. The number of carboxylic acids is 1. The summed E-state index contributed by atoms with van der Waals surface area (Å²) in [6.45, 7) is 0. The van der Waals surface area contributed by atoms with E-state index in [1.165, 1.54) is 0 Å². The Bertz CT molecular complexity index is 692. The van der Waals surface area contributed by atoms with E-state index in [0.29, 0.717) is 5.42 Å². The average molecular weight is 212 g/mol. The number of hydrogen-bond donors (Lipinski definition) is 1. The van der Waals surface area contributed by atoms with Gasteiger partial charge in [0.25, 0.3) is 0 Å². The van der Waals surface area contributed by atoms with Crippen LogP contribution >= 0.6 is 0 Å². The van der Waals surface area contributed by atoms with Crippen LogP contribution in [-0.2, 0) is 4.79 Å². The highest BCUT2D eigenvalue weighted by molar-refractivity contribution is 5.98. The standard InChI is InChI=1S/C13H8O3/c14-13(15)7-9-6-11-10-4-2-1-3-8(10)5-12(11)16-9/h1-7H,(H,14,15). The third-order valence-corrected chi connectivity index (χ3v) is 2.58. The van der Waals surface area contributed by atoms with Crippen molar-refractivity contribution in [3.05, 3.63) is 46.7 Å². The van der Waals surface area contributed by atoms with Crippen molar-refractivity contribution in [3.63, 3.8) is 0 Å². The van der Waals surface area contributed by atoms with E-state index in [4.69, 9.17) is 9.52 Å². The van der Waals surface area contributed by atoms with Crippen molar-refractivity contribution < 1.29 is 14.3 Å². The van der Waals surface area contributed by atoms with Gasteiger partial charge in [0.2, 0.25) is 0 Å². The van der Waals surface area contributed by atoms with Gasteiger partial charge in [0, 0.05) is 5.56 Å². The van der Waals surface area contributed by atoms with Gasteiger partial charge in [-0.15, -0.1) is 0 Å². The summed E-state index contributed by atoms with van der Waals surface area (Å²) >= 11 is 0. The Morgan fingerprint density at radius 3 is 2.88 bits per heavy atom. The summed E-state index contributed by atoms with van der Waals surface area (Å²) in [6, 6.07) is 9.68. The van der Waals surface area contributed by atoms with Gasteiger partial charge in [-0.25, -0.2) is 4.79 Å². The average Bonchev–Trinajstić information content (AvgIpc) is 2.73. The summed E-state index contributed by atoms with van der Waals surface area (Å²) in [4.78, 5) is 10.5. The maximum atomic E-state index is 10.5. The molecule has 1 aliphatic rings. The molecule has 1 N–H and O–H groups in total. The van der Waals surface area contributed by atoms with E-state index in [1.807, 2.05) is 30.3 Å². The van der Waals surface area contributed by atoms with E-state index in [2.05, 4.69) is 0 Å². The van der Waals surface area contributed by atoms with E-state index in [9.17, 15) is 4.79 Å². The van der Waals surface area contributed by atoms with Gasteiger partial charge < -0.3 is 9.52 Å². The molecule has 0 saturated carbocycles. The van der Waals surface area contributed by atoms with E-state index in [-0.39, 0.29) is 0 Å². The van der Waals surface area contributed by atoms with E-state index in [1.54, 1.807) is 6.07 Å². The molecular weight excluding hydrogens is 204 g/mol. The molecule has 1 aromatic heterocycles. The third kappa shape index (κ3) is 1.26. The molecule has 1 aliphatic carbocycles. The zero-order valence-corrected chi connectivity index (χ0v) is 8.31. The van der Waals surface area contributed by atoms with Gasteiger partial charge in [0.1, 0.15) is 10.8 Å². The lowest BCUT2D eigenvalue weighted by Gasteiger charge is -1.95. The van der Waals surface area contributed by atoms with Gasteiger partial charge in [0.15, 0.2) is 0 Å². The molecular formula is C13H8O3. The van der Waals surface area contributed by atoms with Crippen LogP contribution in [0.4, 0.5) is 0 Å². The Kier molecular flexibility index (Phi) is 1.74. The molecule has 2 aromatic rings. The number of aliphatic carboxylic acids is 1. The van der Waals surface area contributed by atoms with Crippen molar-refractivity contribution >= 4 is 18.1 Å². The van der Waals surface area contributed by atoms with Gasteiger partial charge >= 0.3 is 5.97 Å². The molecule has 0 spiro atoms. The summed E-state index contributed by atoms with van der Waals surface area (Å²) in [5.74, 6) is -0.999. The number of hydrogen-bond acceptors (Lipinski definition) is 2. The molecule has 0 bridgehead atoms. The summed E-state index contributed by atoms with van der Waals surface area (Å²) < 4.78 is 5.43. The Labute approximate surface area is 90.9 Å². The molecule has 16 heavy (non-hydrogen) atoms. The SMILES string of the molecule is O=C(O)C=c1cc2c(o1)=Cc1ccccc1-2. The lowest BCUT2D eigenvalue weighted by atomic mass is 10.1. The van der Waals surface area contributed by atoms with Crippen molar-refractivity contribution in [2.24, 2.45) is 0 Å². The van der Waals surface area contributed by atoms with Gasteiger partial charge in [-0.1, -0.05) is 24.3 Å². The molecule has 0 radical (unpaired) electrons. The predicted octanol–water partition coefficient (Wildman–Crippen LogP) is 0.954. The maximum Gasteiger partial charge on any atom is 0.332 e. The van der Waals surface area contributed by atoms with Crippen molar-refractivity contribution in [2.75, 3.05) is 0 Å². The normalized spacial score (nSPS) is 13.1. The Morgan fingerprint density at radius 1 is 1.25 bits per heavy atom. The lowest BCUT2D eigenvalue weighted by molar-refractivity contribution is -0.129. The van der Waals surface area contributed by atoms with Crippen LogP contribution in [0.15, 0.2) is 34.7 Å². The fourth-order valence-electron chi connectivity index (χ4n) is 1.94. The molecule has 3 heteroatoms. The van der Waals surface area contributed by atoms with Gasteiger partial charge in [0.05, 0.1) is 6.08 Å². The molecule has 1 heterocycles. The summed E-state index contributed by atoms with van der Waals surface area (Å²) in [5.41, 5.74) is 4.27. The molecule has 0 saturated heterocycles. The first kappa shape index (κ1) is 8.97. The maximum absolute atomic E-state index is 10.5. The fourth-order valence-corrected chi connectivity index (χ4v) is 1.94. The van der Waals surface area contributed by atoms with Crippen molar-refractivity contribution in [2.45, 2.75) is 0 Å². The molecule has 78 valence electrons. The number of fused-ring (bicyclic) bond motifs is 3. The minimum Gasteiger partial charge on any atom is -0.478 e. The first-order chi connectivity index (χ1) is 7.74. The molecule has 0 unspecified atom stereocenters. The summed E-state index contributed by atoms with van der Waals surface area (Å²) in [6.07, 6.45) is 2.98. The van der Waals surface area contributed by atoms with E-state index >= 15 is 0 Å². The van der Waals surface area contributed by atoms with Crippen molar-refractivity contribution in [1.82, 2.24) is 0 Å². The molecule has 1 aromatic carbocycles. The Balaban J connectivity index is 2.26. The van der Waals surface area contributed by atoms with Crippen LogP contribution in [-0.4, -0.2) is 11.1 Å². The number of carbonyl (C=O) groups is 1. The number of carboxylic acid groups (broad SMARTS) is 1. The number of furan rings is 1. The van der Waals surface area contributed by atoms with Gasteiger partial charge in [-0.3, -0.25) is 0 Å². The van der Waals surface area contributed by atoms with Crippen molar-refractivity contribution in [1.29, 1.82) is 0 Å². The zero-order chi connectivity index (χ0) is 11.1. The van der Waals surface area contributed by atoms with Crippen LogP contribution in [0.2, 0.25) is 0 Å². The number of rotatable bonds is 1. The summed E-state index contributed by atoms with van der Waals surface area (Å²) in [5, 5.41) is 8.63. The Morgan fingerprint density at radius 2 is 2.06 bits per heavy atom. The smallest absolute Gasteiger partial charge is 0.332 e. The second kappa shape index (κ2) is 3.10. The molecule has 3 nitrogen and oxygen atoms in total. The van der Waals surface area contributed by atoms with Crippen LogP contribution in [0, 0.1) is 0 Å². The van der Waals surface area contributed by atoms with Crippen LogP contribution in [0.25, 0.3) is 23.3 Å². The quantitative estimate of drug-likeness (QED) is 0.653. The predicted molar refractivity (Wildman–Crippen MR) is 59.1 cm³/mol. The highest BCUT2D eigenvalue weighted by Crippen LogP contribution is 2.24. The minimum atomic E-state index is -0.999. The van der Waals surface area contributed by atoms with Crippen LogP contribution in [0.5, 0.6) is 0 Å². The van der Waals surface area contributed by atoms with Gasteiger partial charge in [-0.2, -0.15) is 0 Å². The highest BCUT2D eigenvalue weighted by Gasteiger charge is 2.14.